The number of carboxylic acid groups (broad SMARTS) is 1. The highest BCUT2D eigenvalue weighted by Gasteiger charge is 2.10. The van der Waals surface area contributed by atoms with Crippen molar-refractivity contribution in [3.05, 3.63) is 0 Å². The third-order valence-electron chi connectivity index (χ3n) is 1.12. The van der Waals surface area contributed by atoms with Gasteiger partial charge in [0.25, 0.3) is 0 Å². The van der Waals surface area contributed by atoms with Crippen molar-refractivity contribution in [3.8, 4) is 0 Å². The number of hydrogen-bond acceptors (Lipinski definition) is 3. The van der Waals surface area contributed by atoms with Gasteiger partial charge in [0.2, 0.25) is 0 Å². The average molecular weight is 145 g/mol. The Morgan fingerprint density at radius 3 is 2.50 bits per heavy atom. The van der Waals surface area contributed by atoms with Crippen LogP contribution in [0.2, 0.25) is 0 Å². The molecule has 0 aromatic heterocycles. The van der Waals surface area contributed by atoms with Gasteiger partial charge in [-0.05, 0) is 5.92 Å². The van der Waals surface area contributed by atoms with E-state index in [1.807, 2.05) is 0 Å². The van der Waals surface area contributed by atoms with E-state index in [9.17, 15) is 4.79 Å². The lowest BCUT2D eigenvalue weighted by Gasteiger charge is -2.04. The fraction of sp³-hybridized carbons (Fsp3) is 0.667. The molecule has 0 saturated heterocycles. The molecule has 0 aromatic rings. The van der Waals surface area contributed by atoms with Gasteiger partial charge in [-0.15, -0.1) is 0 Å². The lowest BCUT2D eigenvalue weighted by atomic mass is 10.1. The van der Waals surface area contributed by atoms with Crippen molar-refractivity contribution >= 4 is 11.7 Å². The smallest absolute Gasteiger partial charge is 0.349 e. The molecule has 0 aliphatic carbocycles. The van der Waals surface area contributed by atoms with Crippen molar-refractivity contribution in [1.29, 1.82) is 5.41 Å². The minimum atomic E-state index is -1.21. The van der Waals surface area contributed by atoms with Crippen LogP contribution in [0.5, 0.6) is 0 Å². The molecule has 4 heteroatoms. The van der Waals surface area contributed by atoms with Crippen LogP contribution in [0.1, 0.15) is 13.3 Å². The van der Waals surface area contributed by atoms with Crippen LogP contribution in [0, 0.1) is 11.3 Å². The molecule has 1 atom stereocenters. The molecule has 10 heavy (non-hydrogen) atoms. The molecule has 0 radical (unpaired) electrons. The maximum absolute atomic E-state index is 10.0. The Hall–Kier alpha value is -0.900. The number of aliphatic carboxylic acids is 1. The first-order chi connectivity index (χ1) is 4.57. The number of hydrogen-bond donors (Lipinski definition) is 3. The summed E-state index contributed by atoms with van der Waals surface area (Å²) in [4.78, 5) is 10.0. The SMILES string of the molecule is C[C@H](CO)CC(=N)C(=O)O. The van der Waals surface area contributed by atoms with Crippen molar-refractivity contribution in [2.24, 2.45) is 5.92 Å². The Kier molecular flexibility index (Phi) is 3.64. The first kappa shape index (κ1) is 9.10. The molecule has 0 rings (SSSR count). The van der Waals surface area contributed by atoms with Gasteiger partial charge in [-0.1, -0.05) is 6.92 Å². The van der Waals surface area contributed by atoms with Crippen LogP contribution in [-0.4, -0.2) is 28.5 Å². The van der Waals surface area contributed by atoms with E-state index in [0.717, 1.165) is 0 Å². The van der Waals surface area contributed by atoms with Gasteiger partial charge in [0, 0.05) is 13.0 Å². The topological polar surface area (TPSA) is 81.4 Å². The van der Waals surface area contributed by atoms with Crippen LogP contribution >= 0.6 is 0 Å². The molecule has 0 aromatic carbocycles. The quantitative estimate of drug-likeness (QED) is 0.491. The van der Waals surface area contributed by atoms with Gasteiger partial charge in [0.05, 0.1) is 0 Å². The molecule has 0 saturated carbocycles. The third-order valence-corrected chi connectivity index (χ3v) is 1.12. The number of aliphatic hydroxyl groups excluding tert-OH is 1. The molecule has 0 aliphatic heterocycles. The molecule has 0 aliphatic rings. The summed E-state index contributed by atoms with van der Waals surface area (Å²) in [5.41, 5.74) is -0.346. The maximum atomic E-state index is 10.0. The molecule has 0 fully saturated rings. The summed E-state index contributed by atoms with van der Waals surface area (Å²) in [6.45, 7) is 1.62. The van der Waals surface area contributed by atoms with E-state index >= 15 is 0 Å². The molecule has 58 valence electrons. The van der Waals surface area contributed by atoms with Gasteiger partial charge in [-0.25, -0.2) is 4.79 Å². The molecule has 3 N–H and O–H groups in total. The predicted octanol–water partition coefficient (Wildman–Crippen LogP) is 0.109. The number of carbonyl (C=O) groups is 1. The fourth-order valence-electron chi connectivity index (χ4n) is 0.500. The van der Waals surface area contributed by atoms with Crippen LogP contribution < -0.4 is 0 Å². The lowest BCUT2D eigenvalue weighted by molar-refractivity contribution is -0.129. The first-order valence-electron chi connectivity index (χ1n) is 2.99. The molecule has 0 spiro atoms. The van der Waals surface area contributed by atoms with Crippen molar-refractivity contribution in [1.82, 2.24) is 0 Å². The largest absolute Gasteiger partial charge is 0.477 e. The Morgan fingerprint density at radius 1 is 1.70 bits per heavy atom. The van der Waals surface area contributed by atoms with E-state index in [2.05, 4.69) is 0 Å². The van der Waals surface area contributed by atoms with E-state index in [0.29, 0.717) is 0 Å². The summed E-state index contributed by atoms with van der Waals surface area (Å²) in [5.74, 6) is -1.34. The summed E-state index contributed by atoms with van der Waals surface area (Å²) in [6, 6.07) is 0. The van der Waals surface area contributed by atoms with E-state index in [1.54, 1.807) is 6.92 Å². The fourth-order valence-corrected chi connectivity index (χ4v) is 0.500. The Morgan fingerprint density at radius 2 is 2.20 bits per heavy atom. The van der Waals surface area contributed by atoms with Crippen LogP contribution in [0.15, 0.2) is 0 Å². The summed E-state index contributed by atoms with van der Waals surface area (Å²) >= 11 is 0. The molecular formula is C6H11NO3. The monoisotopic (exact) mass is 145 g/mol. The van der Waals surface area contributed by atoms with Gasteiger partial charge in [-0.2, -0.15) is 0 Å². The van der Waals surface area contributed by atoms with E-state index in [4.69, 9.17) is 15.6 Å². The van der Waals surface area contributed by atoms with Gasteiger partial charge < -0.3 is 10.2 Å². The van der Waals surface area contributed by atoms with Gasteiger partial charge in [-0.3, -0.25) is 5.41 Å². The van der Waals surface area contributed by atoms with E-state index in [1.165, 1.54) is 0 Å². The molecule has 0 unspecified atom stereocenters. The minimum Gasteiger partial charge on any atom is -0.477 e. The summed E-state index contributed by atoms with van der Waals surface area (Å²) in [7, 11) is 0. The van der Waals surface area contributed by atoms with Gasteiger partial charge >= 0.3 is 5.97 Å². The van der Waals surface area contributed by atoms with Gasteiger partial charge in [0.15, 0.2) is 0 Å². The number of aliphatic hydroxyl groups is 1. The Bertz CT molecular complexity index is 144. The molecule has 0 amide bonds. The summed E-state index contributed by atoms with van der Waals surface area (Å²) < 4.78 is 0. The van der Waals surface area contributed by atoms with E-state index in [-0.39, 0.29) is 24.7 Å². The average Bonchev–Trinajstić information content (AvgIpc) is 1.87. The second-order valence-electron chi connectivity index (χ2n) is 2.28. The highest BCUT2D eigenvalue weighted by molar-refractivity contribution is 6.34. The lowest BCUT2D eigenvalue weighted by Crippen LogP contribution is -2.16. The second kappa shape index (κ2) is 4.00. The number of carboxylic acids is 1. The zero-order chi connectivity index (χ0) is 8.15. The number of nitrogens with one attached hydrogen (secondary N) is 1. The Labute approximate surface area is 59.0 Å². The van der Waals surface area contributed by atoms with Crippen LogP contribution in [-0.2, 0) is 4.79 Å². The molecule has 4 nitrogen and oxygen atoms in total. The highest BCUT2D eigenvalue weighted by atomic mass is 16.4. The number of rotatable bonds is 4. The van der Waals surface area contributed by atoms with Crippen LogP contribution in [0.4, 0.5) is 0 Å². The predicted molar refractivity (Wildman–Crippen MR) is 36.2 cm³/mol. The molecular weight excluding hydrogens is 134 g/mol. The molecule has 0 heterocycles. The Balaban J connectivity index is 3.68. The maximum Gasteiger partial charge on any atom is 0.349 e. The van der Waals surface area contributed by atoms with Crippen LogP contribution in [0.25, 0.3) is 0 Å². The standard InChI is InChI=1S/C6H11NO3/c1-4(3-8)2-5(7)6(9)10/h4,7-8H,2-3H2,1H3,(H,9,10)/t4-/m0/s1. The van der Waals surface area contributed by atoms with E-state index < -0.39 is 5.97 Å². The van der Waals surface area contributed by atoms with Crippen molar-refractivity contribution in [2.45, 2.75) is 13.3 Å². The van der Waals surface area contributed by atoms with Gasteiger partial charge in [0.1, 0.15) is 5.71 Å². The summed E-state index contributed by atoms with van der Waals surface area (Å²) in [5, 5.41) is 23.6. The second-order valence-corrected chi connectivity index (χ2v) is 2.28. The normalized spacial score (nSPS) is 12.6. The van der Waals surface area contributed by atoms with Crippen LogP contribution in [0.3, 0.4) is 0 Å². The minimum absolute atomic E-state index is 0.0737. The van der Waals surface area contributed by atoms with Crippen molar-refractivity contribution < 1.29 is 15.0 Å². The zero-order valence-electron chi connectivity index (χ0n) is 5.79. The summed E-state index contributed by atoms with van der Waals surface area (Å²) in [6.07, 6.45) is 0.131. The zero-order valence-corrected chi connectivity index (χ0v) is 5.79. The van der Waals surface area contributed by atoms with Crippen molar-refractivity contribution in [3.63, 3.8) is 0 Å². The van der Waals surface area contributed by atoms with Crippen molar-refractivity contribution in [2.75, 3.05) is 6.61 Å². The first-order valence-corrected chi connectivity index (χ1v) is 2.99. The third kappa shape index (κ3) is 3.19. The molecule has 0 bridgehead atoms. The highest BCUT2D eigenvalue weighted by Crippen LogP contribution is 2.00.